The van der Waals surface area contributed by atoms with Crippen molar-refractivity contribution in [1.82, 2.24) is 9.80 Å². The third kappa shape index (κ3) is 3.46. The summed E-state index contributed by atoms with van der Waals surface area (Å²) >= 11 is 0. The third-order valence-corrected chi connectivity index (χ3v) is 4.70. The molecule has 0 spiro atoms. The molecule has 0 radical (unpaired) electrons. The molecule has 2 fully saturated rings. The molecule has 1 unspecified atom stereocenters. The van der Waals surface area contributed by atoms with Gasteiger partial charge >= 0.3 is 0 Å². The van der Waals surface area contributed by atoms with Gasteiger partial charge in [-0.05, 0) is 50.4 Å². The fraction of sp³-hybridized carbons (Fsp3) is 0.588. The van der Waals surface area contributed by atoms with Gasteiger partial charge in [-0.15, -0.1) is 0 Å². The maximum Gasteiger partial charge on any atom is 0.225 e. The summed E-state index contributed by atoms with van der Waals surface area (Å²) in [5.41, 5.74) is 0.386. The molecule has 1 saturated carbocycles. The van der Waals surface area contributed by atoms with Crippen molar-refractivity contribution in [2.75, 3.05) is 20.1 Å². The molecule has 3 nitrogen and oxygen atoms in total. The van der Waals surface area contributed by atoms with Crippen LogP contribution in [-0.4, -0.2) is 41.9 Å². The van der Waals surface area contributed by atoms with Crippen LogP contribution in [0.5, 0.6) is 0 Å². The van der Waals surface area contributed by atoms with E-state index < -0.39 is 5.82 Å². The SMILES string of the molecule is CN(C(=O)C1CC1)C1CCCN(Cc2cc(F)ccc2F)C1. The number of amides is 1. The van der Waals surface area contributed by atoms with Gasteiger partial charge in [-0.3, -0.25) is 9.69 Å². The van der Waals surface area contributed by atoms with Crippen LogP contribution in [0.3, 0.4) is 0 Å². The molecule has 1 heterocycles. The van der Waals surface area contributed by atoms with Gasteiger partial charge in [-0.2, -0.15) is 0 Å². The number of halogens is 2. The zero-order chi connectivity index (χ0) is 15.7. The standard InChI is InChI=1S/C17H22F2N2O/c1-20(17(22)12-4-5-12)15-3-2-8-21(11-15)10-13-9-14(18)6-7-16(13)19/h6-7,9,12,15H,2-5,8,10-11H2,1H3. The lowest BCUT2D eigenvalue weighted by molar-refractivity contribution is -0.134. The Morgan fingerprint density at radius 3 is 2.82 bits per heavy atom. The number of hydrogen-bond acceptors (Lipinski definition) is 2. The van der Waals surface area contributed by atoms with Gasteiger partial charge in [0.05, 0.1) is 0 Å². The number of nitrogens with zero attached hydrogens (tertiary/aromatic N) is 2. The number of carbonyl (C=O) groups is 1. The van der Waals surface area contributed by atoms with Crippen LogP contribution >= 0.6 is 0 Å². The molecular weight excluding hydrogens is 286 g/mol. The lowest BCUT2D eigenvalue weighted by Crippen LogP contribution is -2.48. The summed E-state index contributed by atoms with van der Waals surface area (Å²) in [7, 11) is 1.87. The van der Waals surface area contributed by atoms with Gasteiger partial charge in [0.2, 0.25) is 5.91 Å². The average Bonchev–Trinajstić information content (AvgIpc) is 3.34. The number of carbonyl (C=O) groups excluding carboxylic acids is 1. The van der Waals surface area contributed by atoms with E-state index in [4.69, 9.17) is 0 Å². The van der Waals surface area contributed by atoms with E-state index in [9.17, 15) is 13.6 Å². The summed E-state index contributed by atoms with van der Waals surface area (Å²) in [5.74, 6) is -0.318. The van der Waals surface area contributed by atoms with Crippen molar-refractivity contribution in [2.24, 2.45) is 5.92 Å². The number of hydrogen-bond donors (Lipinski definition) is 0. The van der Waals surface area contributed by atoms with Crippen molar-refractivity contribution in [3.05, 3.63) is 35.4 Å². The predicted molar refractivity (Wildman–Crippen MR) is 80.2 cm³/mol. The van der Waals surface area contributed by atoms with Crippen molar-refractivity contribution in [2.45, 2.75) is 38.3 Å². The van der Waals surface area contributed by atoms with E-state index in [1.165, 1.54) is 12.1 Å². The van der Waals surface area contributed by atoms with Crippen LogP contribution in [0.1, 0.15) is 31.2 Å². The molecule has 1 amide bonds. The fourth-order valence-corrected chi connectivity index (χ4v) is 3.19. The normalized spacial score (nSPS) is 22.6. The maximum absolute atomic E-state index is 13.8. The van der Waals surface area contributed by atoms with Crippen LogP contribution in [-0.2, 0) is 11.3 Å². The lowest BCUT2D eigenvalue weighted by atomic mass is 10.0. The highest BCUT2D eigenvalue weighted by molar-refractivity contribution is 5.81. The quantitative estimate of drug-likeness (QED) is 0.854. The van der Waals surface area contributed by atoms with E-state index in [1.54, 1.807) is 0 Å². The minimum Gasteiger partial charge on any atom is -0.341 e. The summed E-state index contributed by atoms with van der Waals surface area (Å²) in [6.07, 6.45) is 3.98. The Morgan fingerprint density at radius 2 is 2.09 bits per heavy atom. The van der Waals surface area contributed by atoms with Crippen LogP contribution < -0.4 is 0 Å². The van der Waals surface area contributed by atoms with Crippen molar-refractivity contribution < 1.29 is 13.6 Å². The van der Waals surface area contributed by atoms with Crippen LogP contribution in [0.25, 0.3) is 0 Å². The summed E-state index contributed by atoms with van der Waals surface area (Å²) in [6.45, 7) is 1.98. The predicted octanol–water partition coefficient (Wildman–Crippen LogP) is 2.80. The summed E-state index contributed by atoms with van der Waals surface area (Å²) < 4.78 is 27.0. The molecule has 120 valence electrons. The molecule has 1 aliphatic carbocycles. The van der Waals surface area contributed by atoms with Crippen LogP contribution in [0, 0.1) is 17.6 Å². The lowest BCUT2D eigenvalue weighted by Gasteiger charge is -2.37. The number of likely N-dealkylation sites (tertiary alicyclic amines) is 1. The van der Waals surface area contributed by atoms with E-state index in [1.807, 2.05) is 11.9 Å². The van der Waals surface area contributed by atoms with E-state index in [0.717, 1.165) is 44.8 Å². The molecule has 0 bridgehead atoms. The topological polar surface area (TPSA) is 23.6 Å². The van der Waals surface area contributed by atoms with E-state index in [-0.39, 0.29) is 23.7 Å². The Morgan fingerprint density at radius 1 is 1.32 bits per heavy atom. The Balaban J connectivity index is 1.62. The van der Waals surface area contributed by atoms with Crippen molar-refractivity contribution in [3.63, 3.8) is 0 Å². The molecular formula is C17H22F2N2O. The maximum atomic E-state index is 13.8. The molecule has 5 heteroatoms. The Bertz CT molecular complexity index is 560. The largest absolute Gasteiger partial charge is 0.341 e. The van der Waals surface area contributed by atoms with Gasteiger partial charge in [0.25, 0.3) is 0 Å². The Labute approximate surface area is 129 Å². The minimum atomic E-state index is -0.411. The van der Waals surface area contributed by atoms with Crippen molar-refractivity contribution in [3.8, 4) is 0 Å². The zero-order valence-electron chi connectivity index (χ0n) is 12.9. The summed E-state index contributed by atoms with van der Waals surface area (Å²) in [5, 5.41) is 0. The first-order chi connectivity index (χ1) is 10.5. The third-order valence-electron chi connectivity index (χ3n) is 4.70. The average molecular weight is 308 g/mol. The Hall–Kier alpha value is -1.49. The van der Waals surface area contributed by atoms with Crippen LogP contribution in [0.2, 0.25) is 0 Å². The van der Waals surface area contributed by atoms with Gasteiger partial charge in [0.15, 0.2) is 0 Å². The highest BCUT2D eigenvalue weighted by Crippen LogP contribution is 2.32. The molecule has 1 aromatic carbocycles. The molecule has 1 saturated heterocycles. The minimum absolute atomic E-state index is 0.179. The van der Waals surface area contributed by atoms with Gasteiger partial charge in [0, 0.05) is 37.7 Å². The first kappa shape index (κ1) is 15.4. The van der Waals surface area contributed by atoms with Crippen molar-refractivity contribution in [1.29, 1.82) is 0 Å². The molecule has 3 rings (SSSR count). The highest BCUT2D eigenvalue weighted by Gasteiger charge is 2.35. The number of piperidine rings is 1. The fourth-order valence-electron chi connectivity index (χ4n) is 3.19. The van der Waals surface area contributed by atoms with E-state index in [2.05, 4.69) is 4.90 Å². The van der Waals surface area contributed by atoms with Gasteiger partial charge in [-0.25, -0.2) is 8.78 Å². The molecule has 1 aromatic rings. The summed E-state index contributed by atoms with van der Waals surface area (Å²) in [6, 6.07) is 3.76. The van der Waals surface area contributed by atoms with Crippen LogP contribution in [0.4, 0.5) is 8.78 Å². The molecule has 0 N–H and O–H groups in total. The molecule has 1 aliphatic heterocycles. The zero-order valence-corrected chi connectivity index (χ0v) is 12.9. The molecule has 1 atom stereocenters. The second kappa shape index (κ2) is 6.32. The van der Waals surface area contributed by atoms with Crippen molar-refractivity contribution >= 4 is 5.91 Å². The second-order valence-electron chi connectivity index (χ2n) is 6.49. The van der Waals surface area contributed by atoms with E-state index in [0.29, 0.717) is 12.1 Å². The number of benzene rings is 1. The molecule has 22 heavy (non-hydrogen) atoms. The number of rotatable bonds is 4. The summed E-state index contributed by atoms with van der Waals surface area (Å²) in [4.78, 5) is 16.1. The van der Waals surface area contributed by atoms with Gasteiger partial charge in [-0.1, -0.05) is 0 Å². The highest BCUT2D eigenvalue weighted by atomic mass is 19.1. The molecule has 2 aliphatic rings. The Kier molecular flexibility index (Phi) is 4.43. The molecule has 0 aromatic heterocycles. The first-order valence-corrected chi connectivity index (χ1v) is 7.97. The van der Waals surface area contributed by atoms with Gasteiger partial charge < -0.3 is 4.90 Å². The van der Waals surface area contributed by atoms with Crippen LogP contribution in [0.15, 0.2) is 18.2 Å². The second-order valence-corrected chi connectivity index (χ2v) is 6.49. The smallest absolute Gasteiger partial charge is 0.225 e. The number of likely N-dealkylation sites (N-methyl/N-ethyl adjacent to an activating group) is 1. The first-order valence-electron chi connectivity index (χ1n) is 7.97. The monoisotopic (exact) mass is 308 g/mol. The van der Waals surface area contributed by atoms with Gasteiger partial charge in [0.1, 0.15) is 11.6 Å². The van der Waals surface area contributed by atoms with E-state index >= 15 is 0 Å².